The highest BCUT2D eigenvalue weighted by atomic mass is 32.1. The van der Waals surface area contributed by atoms with Gasteiger partial charge in [-0.1, -0.05) is 13.8 Å². The standard InChI is InChI=1S/C7H10S.C2H6/c1-5-4-8-7(3)6(5)2;1-2/h4H,1-3H3;1-2H3. The van der Waals surface area contributed by atoms with Crippen LogP contribution in [0.3, 0.4) is 0 Å². The Bertz CT molecular complexity index is 167. The second-order valence-electron chi connectivity index (χ2n) is 2.10. The van der Waals surface area contributed by atoms with Gasteiger partial charge in [-0.25, -0.2) is 0 Å². The highest BCUT2D eigenvalue weighted by molar-refractivity contribution is 7.10. The Hall–Kier alpha value is -0.300. The van der Waals surface area contributed by atoms with E-state index < -0.39 is 0 Å². The fourth-order valence-corrected chi connectivity index (χ4v) is 1.50. The van der Waals surface area contributed by atoms with Crippen LogP contribution in [0.1, 0.15) is 29.9 Å². The molecule has 1 heterocycles. The molecule has 0 aliphatic carbocycles. The van der Waals surface area contributed by atoms with Gasteiger partial charge in [0.05, 0.1) is 0 Å². The van der Waals surface area contributed by atoms with Crippen LogP contribution in [0.15, 0.2) is 5.38 Å². The Morgan fingerprint density at radius 3 is 1.70 bits per heavy atom. The monoisotopic (exact) mass is 156 g/mol. The minimum atomic E-state index is 1.42. The number of hydrogen-bond acceptors (Lipinski definition) is 1. The Morgan fingerprint density at radius 1 is 1.10 bits per heavy atom. The Kier molecular flexibility index (Phi) is 4.37. The zero-order valence-electron chi connectivity index (χ0n) is 7.49. The lowest BCUT2D eigenvalue weighted by Gasteiger charge is -1.86. The van der Waals surface area contributed by atoms with Gasteiger partial charge in [0.1, 0.15) is 0 Å². The summed E-state index contributed by atoms with van der Waals surface area (Å²) in [5.74, 6) is 0. The van der Waals surface area contributed by atoms with Crippen molar-refractivity contribution in [1.29, 1.82) is 0 Å². The first-order chi connectivity index (χ1) is 4.72. The van der Waals surface area contributed by atoms with Crippen molar-refractivity contribution in [2.75, 3.05) is 0 Å². The van der Waals surface area contributed by atoms with E-state index in [-0.39, 0.29) is 0 Å². The van der Waals surface area contributed by atoms with Gasteiger partial charge in [-0.2, -0.15) is 0 Å². The molecular weight excluding hydrogens is 140 g/mol. The third-order valence-electron chi connectivity index (χ3n) is 1.53. The minimum absolute atomic E-state index is 1.42. The first kappa shape index (κ1) is 9.70. The van der Waals surface area contributed by atoms with Crippen LogP contribution < -0.4 is 0 Å². The zero-order chi connectivity index (χ0) is 8.15. The third-order valence-corrected chi connectivity index (χ3v) is 2.66. The summed E-state index contributed by atoms with van der Waals surface area (Å²) in [6.45, 7) is 10.5. The van der Waals surface area contributed by atoms with E-state index in [1.165, 1.54) is 16.0 Å². The van der Waals surface area contributed by atoms with E-state index in [9.17, 15) is 0 Å². The molecule has 10 heavy (non-hydrogen) atoms. The predicted molar refractivity (Wildman–Crippen MR) is 49.9 cm³/mol. The average molecular weight is 156 g/mol. The summed E-state index contributed by atoms with van der Waals surface area (Å²) in [5.41, 5.74) is 2.88. The second kappa shape index (κ2) is 4.51. The molecule has 58 valence electrons. The summed E-state index contributed by atoms with van der Waals surface area (Å²) >= 11 is 1.83. The van der Waals surface area contributed by atoms with Crippen LogP contribution in [0, 0.1) is 20.8 Å². The summed E-state index contributed by atoms with van der Waals surface area (Å²) in [5, 5.41) is 2.20. The van der Waals surface area contributed by atoms with E-state index in [1.54, 1.807) is 0 Å². The number of rotatable bonds is 0. The lowest BCUT2D eigenvalue weighted by Crippen LogP contribution is -1.70. The van der Waals surface area contributed by atoms with Gasteiger partial charge in [-0.15, -0.1) is 11.3 Å². The van der Waals surface area contributed by atoms with Gasteiger partial charge in [0.25, 0.3) is 0 Å². The van der Waals surface area contributed by atoms with Gasteiger partial charge in [0, 0.05) is 4.88 Å². The molecule has 0 fully saturated rings. The van der Waals surface area contributed by atoms with Crippen LogP contribution in [-0.4, -0.2) is 0 Å². The number of hydrogen-bond donors (Lipinski definition) is 0. The van der Waals surface area contributed by atoms with Crippen LogP contribution >= 0.6 is 11.3 Å². The number of aryl methyl sites for hydroxylation is 2. The maximum absolute atomic E-state index is 2.20. The molecule has 0 spiro atoms. The van der Waals surface area contributed by atoms with Crippen molar-refractivity contribution in [1.82, 2.24) is 0 Å². The molecule has 0 atom stereocenters. The van der Waals surface area contributed by atoms with Gasteiger partial charge in [0.2, 0.25) is 0 Å². The van der Waals surface area contributed by atoms with Crippen molar-refractivity contribution in [3.05, 3.63) is 21.4 Å². The highest BCUT2D eigenvalue weighted by Gasteiger charge is 1.95. The van der Waals surface area contributed by atoms with Gasteiger partial charge in [0.15, 0.2) is 0 Å². The van der Waals surface area contributed by atoms with E-state index in [0.717, 1.165) is 0 Å². The molecule has 0 nitrogen and oxygen atoms in total. The summed E-state index contributed by atoms with van der Waals surface area (Å²) in [7, 11) is 0. The van der Waals surface area contributed by atoms with Crippen molar-refractivity contribution < 1.29 is 0 Å². The molecule has 0 aliphatic heterocycles. The Balaban J connectivity index is 0.000000371. The highest BCUT2D eigenvalue weighted by Crippen LogP contribution is 2.18. The molecule has 0 saturated heterocycles. The van der Waals surface area contributed by atoms with Gasteiger partial charge < -0.3 is 0 Å². The van der Waals surface area contributed by atoms with E-state index in [0.29, 0.717) is 0 Å². The van der Waals surface area contributed by atoms with Crippen LogP contribution in [0.25, 0.3) is 0 Å². The Labute approximate surface area is 67.9 Å². The van der Waals surface area contributed by atoms with Crippen LogP contribution in [-0.2, 0) is 0 Å². The third kappa shape index (κ3) is 2.14. The van der Waals surface area contributed by atoms with Crippen molar-refractivity contribution in [3.63, 3.8) is 0 Å². The molecular formula is C9H16S. The van der Waals surface area contributed by atoms with Crippen LogP contribution in [0.2, 0.25) is 0 Å². The second-order valence-corrected chi connectivity index (χ2v) is 3.18. The van der Waals surface area contributed by atoms with E-state index >= 15 is 0 Å². The molecule has 0 unspecified atom stereocenters. The summed E-state index contributed by atoms with van der Waals surface area (Å²) < 4.78 is 0. The van der Waals surface area contributed by atoms with Gasteiger partial charge in [-0.3, -0.25) is 0 Å². The van der Waals surface area contributed by atoms with Gasteiger partial charge >= 0.3 is 0 Å². The average Bonchev–Trinajstić information content (AvgIpc) is 2.25. The lowest BCUT2D eigenvalue weighted by molar-refractivity contribution is 1.35. The SMILES string of the molecule is CC.Cc1csc(C)c1C. The largest absolute Gasteiger partial charge is 0.149 e. The van der Waals surface area contributed by atoms with E-state index in [4.69, 9.17) is 0 Å². The molecule has 1 heteroatoms. The van der Waals surface area contributed by atoms with Crippen molar-refractivity contribution in [3.8, 4) is 0 Å². The minimum Gasteiger partial charge on any atom is -0.149 e. The lowest BCUT2D eigenvalue weighted by atomic mass is 10.2. The molecule has 1 aromatic heterocycles. The van der Waals surface area contributed by atoms with Crippen LogP contribution in [0.5, 0.6) is 0 Å². The molecule has 0 radical (unpaired) electrons. The molecule has 0 amide bonds. The Morgan fingerprint density at radius 2 is 1.60 bits per heavy atom. The summed E-state index contributed by atoms with van der Waals surface area (Å²) in [4.78, 5) is 1.45. The van der Waals surface area contributed by atoms with Crippen LogP contribution in [0.4, 0.5) is 0 Å². The molecule has 0 aromatic carbocycles. The molecule has 1 rings (SSSR count). The molecule has 0 N–H and O–H groups in total. The predicted octanol–water partition coefficient (Wildman–Crippen LogP) is 3.70. The first-order valence-corrected chi connectivity index (χ1v) is 4.61. The van der Waals surface area contributed by atoms with Crippen molar-refractivity contribution >= 4 is 11.3 Å². The fraction of sp³-hybridized carbons (Fsp3) is 0.556. The summed E-state index contributed by atoms with van der Waals surface area (Å²) in [6, 6.07) is 0. The topological polar surface area (TPSA) is 0 Å². The summed E-state index contributed by atoms with van der Waals surface area (Å²) in [6.07, 6.45) is 0. The molecule has 0 aliphatic rings. The maximum atomic E-state index is 2.20. The normalized spacial score (nSPS) is 8.50. The first-order valence-electron chi connectivity index (χ1n) is 3.73. The quantitative estimate of drug-likeness (QED) is 0.537. The van der Waals surface area contributed by atoms with Crippen molar-refractivity contribution in [2.45, 2.75) is 34.6 Å². The molecule has 0 bridgehead atoms. The van der Waals surface area contributed by atoms with Crippen molar-refractivity contribution in [2.24, 2.45) is 0 Å². The molecule has 1 aromatic rings. The molecule has 0 saturated carbocycles. The van der Waals surface area contributed by atoms with E-state index in [1.807, 2.05) is 25.2 Å². The zero-order valence-corrected chi connectivity index (χ0v) is 8.30. The maximum Gasteiger partial charge on any atom is 0.00461 e. The van der Waals surface area contributed by atoms with Gasteiger partial charge in [-0.05, 0) is 37.3 Å². The smallest absolute Gasteiger partial charge is 0.00461 e. The van der Waals surface area contributed by atoms with E-state index in [2.05, 4.69) is 26.2 Å². The fourth-order valence-electron chi connectivity index (χ4n) is 0.631. The number of thiophene rings is 1.